The highest BCUT2D eigenvalue weighted by Crippen LogP contribution is 2.26. The number of aromatic nitrogens is 2. The van der Waals surface area contributed by atoms with Crippen LogP contribution in [0.2, 0.25) is 5.28 Å². The normalized spacial score (nSPS) is 19.8. The van der Waals surface area contributed by atoms with E-state index in [-0.39, 0.29) is 0 Å². The van der Waals surface area contributed by atoms with E-state index in [9.17, 15) is 0 Å². The van der Waals surface area contributed by atoms with Gasteiger partial charge in [0.05, 0.1) is 5.69 Å². The Kier molecular flexibility index (Phi) is 3.66. The van der Waals surface area contributed by atoms with E-state index in [1.54, 1.807) is 0 Å². The fraction of sp³-hybridized carbons (Fsp3) is 0.692. The van der Waals surface area contributed by atoms with Gasteiger partial charge in [0, 0.05) is 31.6 Å². The van der Waals surface area contributed by atoms with Crippen LogP contribution >= 0.6 is 11.6 Å². The summed E-state index contributed by atoms with van der Waals surface area (Å²) >= 11 is 5.99. The number of halogens is 1. The lowest BCUT2D eigenvalue weighted by Gasteiger charge is -2.20. The summed E-state index contributed by atoms with van der Waals surface area (Å²) in [7, 11) is 0. The molecule has 1 aliphatic carbocycles. The molecular weight excluding hydrogens is 248 g/mol. The Balaban J connectivity index is 1.75. The van der Waals surface area contributed by atoms with Crippen LogP contribution in [-0.4, -0.2) is 23.1 Å². The fourth-order valence-corrected chi connectivity index (χ4v) is 3.10. The van der Waals surface area contributed by atoms with Gasteiger partial charge in [-0.15, -0.1) is 0 Å². The molecule has 1 saturated carbocycles. The number of anilines is 1. The highest BCUT2D eigenvalue weighted by Gasteiger charge is 2.19. The molecule has 0 spiro atoms. The summed E-state index contributed by atoms with van der Waals surface area (Å²) in [6, 6.07) is 0. The number of nitrogens with one attached hydrogen (secondary N) is 2. The zero-order valence-electron chi connectivity index (χ0n) is 10.5. The van der Waals surface area contributed by atoms with Crippen molar-refractivity contribution in [1.29, 1.82) is 0 Å². The van der Waals surface area contributed by atoms with Crippen molar-refractivity contribution >= 4 is 17.4 Å². The van der Waals surface area contributed by atoms with Gasteiger partial charge < -0.3 is 10.6 Å². The zero-order valence-corrected chi connectivity index (χ0v) is 11.3. The second-order valence-corrected chi connectivity index (χ2v) is 5.56. The molecule has 0 unspecified atom stereocenters. The second-order valence-electron chi connectivity index (χ2n) is 5.22. The molecule has 2 aliphatic rings. The first kappa shape index (κ1) is 12.2. The largest absolute Gasteiger partial charge is 0.369 e. The molecule has 0 atom stereocenters. The van der Waals surface area contributed by atoms with Crippen molar-refractivity contribution in [2.75, 3.05) is 18.4 Å². The van der Waals surface area contributed by atoms with Gasteiger partial charge in [-0.05, 0) is 30.4 Å². The summed E-state index contributed by atoms with van der Waals surface area (Å²) in [5.74, 6) is 1.73. The van der Waals surface area contributed by atoms with Gasteiger partial charge >= 0.3 is 0 Å². The van der Waals surface area contributed by atoms with Gasteiger partial charge in [-0.25, -0.2) is 9.97 Å². The summed E-state index contributed by atoms with van der Waals surface area (Å²) in [4.78, 5) is 8.68. The van der Waals surface area contributed by atoms with Crippen molar-refractivity contribution in [3.05, 3.63) is 16.5 Å². The predicted molar refractivity (Wildman–Crippen MR) is 72.9 cm³/mol. The molecule has 0 aromatic carbocycles. The topological polar surface area (TPSA) is 49.8 Å². The molecule has 4 nitrogen and oxygen atoms in total. The Morgan fingerprint density at radius 1 is 1.28 bits per heavy atom. The monoisotopic (exact) mass is 266 g/mol. The van der Waals surface area contributed by atoms with Crippen molar-refractivity contribution in [3.63, 3.8) is 0 Å². The second kappa shape index (κ2) is 5.41. The lowest BCUT2D eigenvalue weighted by Crippen LogP contribution is -2.27. The third kappa shape index (κ3) is 2.59. The van der Waals surface area contributed by atoms with Crippen LogP contribution in [0, 0.1) is 5.92 Å². The van der Waals surface area contributed by atoms with Gasteiger partial charge in [0.2, 0.25) is 5.28 Å². The van der Waals surface area contributed by atoms with E-state index in [1.807, 2.05) is 0 Å². The molecule has 0 radical (unpaired) electrons. The molecule has 0 saturated heterocycles. The van der Waals surface area contributed by atoms with Crippen LogP contribution in [-0.2, 0) is 13.0 Å². The maximum absolute atomic E-state index is 5.99. The average molecular weight is 267 g/mol. The average Bonchev–Trinajstić information content (AvgIpc) is 2.89. The van der Waals surface area contributed by atoms with Crippen molar-refractivity contribution < 1.29 is 0 Å². The summed E-state index contributed by atoms with van der Waals surface area (Å²) in [5, 5.41) is 7.21. The molecule has 1 aromatic rings. The highest BCUT2D eigenvalue weighted by atomic mass is 35.5. The lowest BCUT2D eigenvalue weighted by molar-refractivity contribution is 0.575. The molecule has 0 amide bonds. The van der Waals surface area contributed by atoms with Crippen molar-refractivity contribution in [3.8, 4) is 0 Å². The van der Waals surface area contributed by atoms with Crippen LogP contribution in [0.3, 0.4) is 0 Å². The summed E-state index contributed by atoms with van der Waals surface area (Å²) in [5.41, 5.74) is 2.30. The number of fused-ring (bicyclic) bond motifs is 1. The van der Waals surface area contributed by atoms with E-state index in [0.717, 1.165) is 43.5 Å². The maximum atomic E-state index is 5.99. The first-order valence-corrected chi connectivity index (χ1v) is 7.20. The van der Waals surface area contributed by atoms with Gasteiger partial charge in [-0.1, -0.05) is 12.8 Å². The third-order valence-corrected chi connectivity index (χ3v) is 4.11. The molecule has 3 rings (SSSR count). The Morgan fingerprint density at radius 3 is 2.94 bits per heavy atom. The maximum Gasteiger partial charge on any atom is 0.224 e. The molecule has 1 fully saturated rings. The summed E-state index contributed by atoms with van der Waals surface area (Å²) in [6.45, 7) is 2.84. The lowest BCUT2D eigenvalue weighted by atomic mass is 10.1. The van der Waals surface area contributed by atoms with Crippen LogP contribution in [0.5, 0.6) is 0 Å². The zero-order chi connectivity index (χ0) is 12.4. The van der Waals surface area contributed by atoms with Crippen molar-refractivity contribution in [1.82, 2.24) is 15.3 Å². The highest BCUT2D eigenvalue weighted by molar-refractivity contribution is 6.28. The van der Waals surface area contributed by atoms with Gasteiger partial charge in [0.25, 0.3) is 0 Å². The summed E-state index contributed by atoms with van der Waals surface area (Å²) < 4.78 is 0. The molecule has 0 bridgehead atoms. The molecule has 98 valence electrons. The van der Waals surface area contributed by atoms with Crippen LogP contribution in [0.25, 0.3) is 0 Å². The first-order valence-electron chi connectivity index (χ1n) is 6.83. The molecule has 18 heavy (non-hydrogen) atoms. The van der Waals surface area contributed by atoms with Gasteiger partial charge in [-0.3, -0.25) is 0 Å². The number of rotatable bonds is 3. The molecule has 1 aliphatic heterocycles. The molecule has 2 N–H and O–H groups in total. The SMILES string of the molecule is Clc1nc2c(c(NCC3CCCC3)n1)CNCC2. The Morgan fingerprint density at radius 2 is 2.11 bits per heavy atom. The first-order chi connectivity index (χ1) is 8.83. The van der Waals surface area contributed by atoms with Crippen LogP contribution < -0.4 is 10.6 Å². The Labute approximate surface area is 113 Å². The molecule has 2 heterocycles. The van der Waals surface area contributed by atoms with Crippen LogP contribution in [0.1, 0.15) is 36.9 Å². The van der Waals surface area contributed by atoms with Crippen molar-refractivity contribution in [2.45, 2.75) is 38.6 Å². The Hall–Kier alpha value is -0.870. The summed E-state index contributed by atoms with van der Waals surface area (Å²) in [6.07, 6.45) is 6.36. The number of hydrogen-bond acceptors (Lipinski definition) is 4. The minimum Gasteiger partial charge on any atom is -0.369 e. The van der Waals surface area contributed by atoms with E-state index in [4.69, 9.17) is 11.6 Å². The standard InChI is InChI=1S/C13H19ClN4/c14-13-17-11-5-6-15-8-10(11)12(18-13)16-7-9-3-1-2-4-9/h9,15H,1-8H2,(H,16,17,18). The van der Waals surface area contributed by atoms with E-state index in [2.05, 4.69) is 20.6 Å². The van der Waals surface area contributed by atoms with Crippen molar-refractivity contribution in [2.24, 2.45) is 5.92 Å². The molecule has 1 aromatic heterocycles. The van der Waals surface area contributed by atoms with Crippen LogP contribution in [0.15, 0.2) is 0 Å². The minimum absolute atomic E-state index is 0.365. The van der Waals surface area contributed by atoms with E-state index in [0.29, 0.717) is 5.28 Å². The van der Waals surface area contributed by atoms with Crippen LogP contribution in [0.4, 0.5) is 5.82 Å². The van der Waals surface area contributed by atoms with E-state index < -0.39 is 0 Å². The quantitative estimate of drug-likeness (QED) is 0.825. The predicted octanol–water partition coefficient (Wildman–Crippen LogP) is 2.38. The smallest absolute Gasteiger partial charge is 0.224 e. The van der Waals surface area contributed by atoms with Gasteiger partial charge in [0.1, 0.15) is 5.82 Å². The van der Waals surface area contributed by atoms with Gasteiger partial charge in [0.15, 0.2) is 0 Å². The third-order valence-electron chi connectivity index (χ3n) is 3.94. The number of hydrogen-bond donors (Lipinski definition) is 2. The number of nitrogens with zero attached hydrogens (tertiary/aromatic N) is 2. The van der Waals surface area contributed by atoms with E-state index >= 15 is 0 Å². The molecular formula is C13H19ClN4. The Bertz CT molecular complexity index is 429. The molecule has 5 heteroatoms. The van der Waals surface area contributed by atoms with Gasteiger partial charge in [-0.2, -0.15) is 0 Å². The van der Waals surface area contributed by atoms with E-state index in [1.165, 1.54) is 31.2 Å². The fourth-order valence-electron chi connectivity index (χ4n) is 2.91. The minimum atomic E-state index is 0.365.